The second-order valence-electron chi connectivity index (χ2n) is 9.52. The minimum absolute atomic E-state index is 0.00264. The van der Waals surface area contributed by atoms with Gasteiger partial charge in [-0.15, -0.1) is 0 Å². The Balaban J connectivity index is 1.97. The number of fused-ring (bicyclic) bond motifs is 2. The first kappa shape index (κ1) is 15.9. The topological polar surface area (TPSA) is 20.2 Å². The van der Waals surface area contributed by atoms with Crippen LogP contribution in [0.4, 0.5) is 0 Å². The van der Waals surface area contributed by atoms with E-state index in [0.29, 0.717) is 17.1 Å². The molecule has 1 nitrogen and oxygen atoms in total. The van der Waals surface area contributed by atoms with E-state index in [2.05, 4.69) is 60.6 Å². The first-order valence-electron chi connectivity index (χ1n) is 8.87. The van der Waals surface area contributed by atoms with Gasteiger partial charge in [0.15, 0.2) is 0 Å². The van der Waals surface area contributed by atoms with Gasteiger partial charge in [-0.25, -0.2) is 0 Å². The van der Waals surface area contributed by atoms with Gasteiger partial charge >= 0.3 is 0 Å². The first-order valence-corrected chi connectivity index (χ1v) is 8.87. The maximum absolute atomic E-state index is 10.6. The molecule has 0 radical (unpaired) electrons. The molecule has 2 saturated carbocycles. The summed E-state index contributed by atoms with van der Waals surface area (Å²) in [5.74, 6) is 3.55. The van der Waals surface area contributed by atoms with Gasteiger partial charge in [0.05, 0.1) is 0 Å². The molecule has 0 aliphatic heterocycles. The average Bonchev–Trinajstić information content (AvgIpc) is 2.91. The van der Waals surface area contributed by atoms with Crippen molar-refractivity contribution in [2.45, 2.75) is 72.6 Å². The van der Waals surface area contributed by atoms with Crippen molar-refractivity contribution in [1.82, 2.24) is 0 Å². The Morgan fingerprint density at radius 3 is 2.27 bits per heavy atom. The number of phenolic OH excluding ortho intramolecular Hbond substituents is 1. The van der Waals surface area contributed by atoms with E-state index >= 15 is 0 Å². The van der Waals surface area contributed by atoms with Gasteiger partial charge in [-0.05, 0) is 77.0 Å². The standard InChI is InChI=1S/C21H32O/c1-12-8-18(20(3,4)5)19(22)11-15(12)17-10-14-9-16(17)13(2)21(14,6)7/h8,11,13-14,16-17,22H,9-10H2,1-7H3/t13-,14+,16+,17+/m0/s1. The molecule has 0 unspecified atom stereocenters. The Labute approximate surface area is 136 Å². The van der Waals surface area contributed by atoms with Crippen LogP contribution in [0, 0.1) is 30.1 Å². The number of aromatic hydroxyl groups is 1. The Hall–Kier alpha value is -0.980. The largest absolute Gasteiger partial charge is 0.508 e. The van der Waals surface area contributed by atoms with Crippen molar-refractivity contribution in [1.29, 1.82) is 0 Å². The van der Waals surface area contributed by atoms with Crippen molar-refractivity contribution in [2.24, 2.45) is 23.2 Å². The first-order chi connectivity index (χ1) is 10.0. The second-order valence-corrected chi connectivity index (χ2v) is 9.52. The predicted molar refractivity (Wildman–Crippen MR) is 93.4 cm³/mol. The summed E-state index contributed by atoms with van der Waals surface area (Å²) >= 11 is 0. The summed E-state index contributed by atoms with van der Waals surface area (Å²) in [5, 5.41) is 10.6. The lowest BCUT2D eigenvalue weighted by Gasteiger charge is -2.40. The molecule has 0 heterocycles. The van der Waals surface area contributed by atoms with Crippen LogP contribution in [0.1, 0.15) is 77.0 Å². The molecule has 4 atom stereocenters. The van der Waals surface area contributed by atoms with E-state index in [0.717, 1.165) is 23.3 Å². The van der Waals surface area contributed by atoms with E-state index in [1.54, 1.807) is 0 Å². The molecule has 0 saturated heterocycles. The van der Waals surface area contributed by atoms with Crippen molar-refractivity contribution in [3.05, 3.63) is 28.8 Å². The lowest BCUT2D eigenvalue weighted by atomic mass is 9.64. The third-order valence-electron chi connectivity index (χ3n) is 7.07. The fourth-order valence-electron chi connectivity index (χ4n) is 5.22. The van der Waals surface area contributed by atoms with Crippen LogP contribution < -0.4 is 0 Å². The molecule has 2 bridgehead atoms. The molecule has 2 fully saturated rings. The lowest BCUT2D eigenvalue weighted by molar-refractivity contribution is 0.122. The molecule has 1 aromatic rings. The van der Waals surface area contributed by atoms with E-state index in [4.69, 9.17) is 0 Å². The van der Waals surface area contributed by atoms with Crippen LogP contribution in [0.3, 0.4) is 0 Å². The fourth-order valence-corrected chi connectivity index (χ4v) is 5.22. The van der Waals surface area contributed by atoms with Crippen LogP contribution in [0.25, 0.3) is 0 Å². The number of rotatable bonds is 1. The molecule has 0 spiro atoms. The molecule has 1 N–H and O–H groups in total. The van der Waals surface area contributed by atoms with Crippen LogP contribution in [0.5, 0.6) is 5.75 Å². The van der Waals surface area contributed by atoms with Crippen LogP contribution >= 0.6 is 0 Å². The van der Waals surface area contributed by atoms with Gasteiger partial charge < -0.3 is 5.11 Å². The smallest absolute Gasteiger partial charge is 0.119 e. The van der Waals surface area contributed by atoms with E-state index in [1.165, 1.54) is 24.0 Å². The normalized spacial score (nSPS) is 33.4. The molecule has 2 aliphatic carbocycles. The van der Waals surface area contributed by atoms with Gasteiger partial charge in [-0.2, -0.15) is 0 Å². The van der Waals surface area contributed by atoms with Gasteiger partial charge in [0, 0.05) is 0 Å². The van der Waals surface area contributed by atoms with Gasteiger partial charge in [0.25, 0.3) is 0 Å². The number of aryl methyl sites for hydroxylation is 1. The second kappa shape index (κ2) is 4.76. The van der Waals surface area contributed by atoms with Crippen LogP contribution in [-0.4, -0.2) is 5.11 Å². The third-order valence-corrected chi connectivity index (χ3v) is 7.07. The molecule has 2 aliphatic rings. The summed E-state index contributed by atoms with van der Waals surface area (Å²) < 4.78 is 0. The maximum Gasteiger partial charge on any atom is 0.119 e. The van der Waals surface area contributed by atoms with Crippen molar-refractivity contribution in [3.8, 4) is 5.75 Å². The predicted octanol–water partition coefficient (Wildman–Crippen LogP) is 5.78. The van der Waals surface area contributed by atoms with Gasteiger partial charge in [0.2, 0.25) is 0 Å². The Kier molecular flexibility index (Phi) is 3.44. The number of benzene rings is 1. The number of hydrogen-bond donors (Lipinski definition) is 1. The quantitative estimate of drug-likeness (QED) is 0.696. The summed E-state index contributed by atoms with van der Waals surface area (Å²) in [4.78, 5) is 0. The van der Waals surface area contributed by atoms with E-state index in [-0.39, 0.29) is 5.41 Å². The monoisotopic (exact) mass is 300 g/mol. The molecule has 3 rings (SSSR count). The summed E-state index contributed by atoms with van der Waals surface area (Å²) in [6, 6.07) is 4.31. The summed E-state index contributed by atoms with van der Waals surface area (Å²) in [6.07, 6.45) is 2.68. The highest BCUT2D eigenvalue weighted by Crippen LogP contribution is 2.64. The van der Waals surface area contributed by atoms with E-state index in [1.807, 2.05) is 0 Å². The zero-order valence-corrected chi connectivity index (χ0v) is 15.3. The molecule has 1 aromatic carbocycles. The van der Waals surface area contributed by atoms with E-state index in [9.17, 15) is 5.11 Å². The molecule has 1 heteroatoms. The third kappa shape index (κ3) is 2.20. The van der Waals surface area contributed by atoms with Crippen LogP contribution in [0.2, 0.25) is 0 Å². The van der Waals surface area contributed by atoms with E-state index < -0.39 is 0 Å². The minimum atomic E-state index is -0.00264. The Morgan fingerprint density at radius 1 is 1.14 bits per heavy atom. The summed E-state index contributed by atoms with van der Waals surface area (Å²) in [6.45, 7) is 16.1. The average molecular weight is 300 g/mol. The highest BCUT2D eigenvalue weighted by Gasteiger charge is 2.55. The zero-order valence-electron chi connectivity index (χ0n) is 15.3. The minimum Gasteiger partial charge on any atom is -0.508 e. The maximum atomic E-state index is 10.6. The van der Waals surface area contributed by atoms with Gasteiger partial charge in [-0.1, -0.05) is 47.6 Å². The lowest BCUT2D eigenvalue weighted by Crippen LogP contribution is -2.32. The van der Waals surface area contributed by atoms with Gasteiger partial charge in [0.1, 0.15) is 5.75 Å². The van der Waals surface area contributed by atoms with Crippen molar-refractivity contribution >= 4 is 0 Å². The molecule has 0 aromatic heterocycles. The summed E-state index contributed by atoms with van der Waals surface area (Å²) in [5.41, 5.74) is 4.33. The van der Waals surface area contributed by atoms with Crippen LogP contribution in [-0.2, 0) is 5.41 Å². The molecule has 0 amide bonds. The number of hydrogen-bond acceptors (Lipinski definition) is 1. The zero-order chi connectivity index (χ0) is 16.4. The fraction of sp³-hybridized carbons (Fsp3) is 0.714. The Bertz CT molecular complexity index is 587. The highest BCUT2D eigenvalue weighted by atomic mass is 16.3. The number of phenols is 1. The van der Waals surface area contributed by atoms with Crippen molar-refractivity contribution in [2.75, 3.05) is 0 Å². The van der Waals surface area contributed by atoms with Crippen molar-refractivity contribution < 1.29 is 5.11 Å². The highest BCUT2D eigenvalue weighted by molar-refractivity contribution is 5.47. The molecule has 122 valence electrons. The SMILES string of the molecule is Cc1cc(C(C)(C)C)c(O)cc1[C@H]1C[C@H]2C[C@@H]1[C@H](C)C2(C)C. The molecule has 22 heavy (non-hydrogen) atoms. The summed E-state index contributed by atoms with van der Waals surface area (Å²) in [7, 11) is 0. The Morgan fingerprint density at radius 2 is 1.77 bits per heavy atom. The van der Waals surface area contributed by atoms with Crippen molar-refractivity contribution in [3.63, 3.8) is 0 Å². The molecular weight excluding hydrogens is 268 g/mol. The van der Waals surface area contributed by atoms with Gasteiger partial charge in [-0.3, -0.25) is 0 Å². The molecular formula is C21H32O. The van der Waals surface area contributed by atoms with Crippen LogP contribution in [0.15, 0.2) is 12.1 Å².